The summed E-state index contributed by atoms with van der Waals surface area (Å²) in [6.45, 7) is 2.61. The van der Waals surface area contributed by atoms with Gasteiger partial charge in [-0.15, -0.1) is 0 Å². The van der Waals surface area contributed by atoms with Crippen LogP contribution in [0.5, 0.6) is 0 Å². The smallest absolute Gasteiger partial charge is 0.243 e. The van der Waals surface area contributed by atoms with Gasteiger partial charge in [-0.05, 0) is 30.0 Å². The zero-order valence-corrected chi connectivity index (χ0v) is 13.4. The molecule has 0 aliphatic carbocycles. The Hall–Kier alpha value is -0.940. The summed E-state index contributed by atoms with van der Waals surface area (Å²) in [5, 5.41) is 18.2. The third-order valence-electron chi connectivity index (χ3n) is 3.61. The number of rotatable bonds is 3. The first-order chi connectivity index (χ1) is 9.38. The third-order valence-corrected chi connectivity index (χ3v) is 5.87. The van der Waals surface area contributed by atoms with Crippen LogP contribution in [0.1, 0.15) is 12.5 Å². The molecule has 5 nitrogen and oxygen atoms in total. The normalized spacial score (nSPS) is 23.7. The van der Waals surface area contributed by atoms with Crippen molar-refractivity contribution in [2.24, 2.45) is 11.8 Å². The molecule has 1 N–H and O–H groups in total. The van der Waals surface area contributed by atoms with Crippen molar-refractivity contribution in [3.8, 4) is 6.07 Å². The number of hydrogen-bond donors (Lipinski definition) is 1. The Morgan fingerprint density at radius 1 is 1.45 bits per heavy atom. The van der Waals surface area contributed by atoms with Gasteiger partial charge in [0, 0.05) is 24.2 Å². The number of aliphatic hydroxyl groups is 1. The van der Waals surface area contributed by atoms with E-state index in [9.17, 15) is 13.5 Å². The van der Waals surface area contributed by atoms with Gasteiger partial charge < -0.3 is 5.11 Å². The Labute approximate surface area is 127 Å². The summed E-state index contributed by atoms with van der Waals surface area (Å²) in [7, 11) is -3.63. The quantitative estimate of drug-likeness (QED) is 0.888. The Kier molecular flexibility index (Phi) is 4.49. The number of nitriles is 1. The second-order valence-electron chi connectivity index (χ2n) is 5.03. The number of benzene rings is 1. The number of halogens is 1. The maximum atomic E-state index is 12.6. The average Bonchev–Trinajstić information content (AvgIpc) is 2.79. The first kappa shape index (κ1) is 15.4. The summed E-state index contributed by atoms with van der Waals surface area (Å²) >= 11 is 3.22. The molecule has 0 spiro atoms. The highest BCUT2D eigenvalue weighted by molar-refractivity contribution is 9.10. The predicted octanol–water partition coefficient (Wildman–Crippen LogP) is 1.57. The largest absolute Gasteiger partial charge is 0.396 e. The van der Waals surface area contributed by atoms with E-state index >= 15 is 0 Å². The van der Waals surface area contributed by atoms with Crippen LogP contribution in [0.15, 0.2) is 27.6 Å². The van der Waals surface area contributed by atoms with Gasteiger partial charge in [-0.25, -0.2) is 8.42 Å². The van der Waals surface area contributed by atoms with Gasteiger partial charge in [0.25, 0.3) is 0 Å². The van der Waals surface area contributed by atoms with Crippen molar-refractivity contribution in [3.63, 3.8) is 0 Å². The number of aliphatic hydroxyl groups excluding tert-OH is 1. The lowest BCUT2D eigenvalue weighted by atomic mass is 10.00. The van der Waals surface area contributed by atoms with E-state index in [0.29, 0.717) is 23.1 Å². The van der Waals surface area contributed by atoms with Crippen molar-refractivity contribution in [2.45, 2.75) is 11.8 Å². The van der Waals surface area contributed by atoms with Crippen molar-refractivity contribution >= 4 is 26.0 Å². The van der Waals surface area contributed by atoms with E-state index in [1.165, 1.54) is 16.4 Å². The summed E-state index contributed by atoms with van der Waals surface area (Å²) in [5.74, 6) is 0.0877. The maximum Gasteiger partial charge on any atom is 0.243 e. The highest BCUT2D eigenvalue weighted by atomic mass is 79.9. The van der Waals surface area contributed by atoms with E-state index in [0.717, 1.165) is 0 Å². The van der Waals surface area contributed by atoms with Crippen LogP contribution >= 0.6 is 15.9 Å². The van der Waals surface area contributed by atoms with Gasteiger partial charge >= 0.3 is 0 Å². The molecule has 1 aliphatic heterocycles. The minimum atomic E-state index is -3.63. The third kappa shape index (κ3) is 2.88. The van der Waals surface area contributed by atoms with E-state index in [2.05, 4.69) is 15.9 Å². The first-order valence-electron chi connectivity index (χ1n) is 6.20. The molecule has 0 radical (unpaired) electrons. The highest BCUT2D eigenvalue weighted by Crippen LogP contribution is 2.29. The van der Waals surface area contributed by atoms with Crippen LogP contribution in [0.25, 0.3) is 0 Å². The van der Waals surface area contributed by atoms with Gasteiger partial charge in [0.05, 0.1) is 16.5 Å². The molecule has 108 valence electrons. The molecular formula is C13H15BrN2O3S. The van der Waals surface area contributed by atoms with Gasteiger partial charge in [0.2, 0.25) is 10.0 Å². The van der Waals surface area contributed by atoms with E-state index < -0.39 is 10.0 Å². The molecule has 0 bridgehead atoms. The van der Waals surface area contributed by atoms with Crippen molar-refractivity contribution in [3.05, 3.63) is 28.2 Å². The van der Waals surface area contributed by atoms with E-state index in [4.69, 9.17) is 5.26 Å². The van der Waals surface area contributed by atoms with Crippen molar-refractivity contribution in [1.29, 1.82) is 5.26 Å². The molecule has 1 aromatic carbocycles. The van der Waals surface area contributed by atoms with Crippen molar-refractivity contribution < 1.29 is 13.5 Å². The molecule has 0 unspecified atom stereocenters. The fourth-order valence-corrected chi connectivity index (χ4v) is 4.66. The lowest BCUT2D eigenvalue weighted by Gasteiger charge is -2.16. The Morgan fingerprint density at radius 3 is 2.70 bits per heavy atom. The van der Waals surface area contributed by atoms with E-state index in [1.54, 1.807) is 6.07 Å². The summed E-state index contributed by atoms with van der Waals surface area (Å²) in [6, 6.07) is 6.38. The molecule has 2 atom stereocenters. The number of sulfonamides is 1. The minimum Gasteiger partial charge on any atom is -0.396 e. The van der Waals surface area contributed by atoms with Crippen LogP contribution in [0.4, 0.5) is 0 Å². The zero-order valence-electron chi connectivity index (χ0n) is 11.0. The first-order valence-corrected chi connectivity index (χ1v) is 8.43. The standard InChI is InChI=1S/C13H15BrN2O3S/c1-9-6-16(7-11(9)8-17)20(18,19)13-3-10(5-15)2-12(14)4-13/h2-4,9,11,17H,6-8H2,1H3/t9-,11+/m1/s1. The fraction of sp³-hybridized carbons (Fsp3) is 0.462. The summed E-state index contributed by atoms with van der Waals surface area (Å²) in [6.07, 6.45) is 0. The Balaban J connectivity index is 2.37. The van der Waals surface area contributed by atoms with Gasteiger partial charge in [-0.1, -0.05) is 22.9 Å². The Bertz CT molecular complexity index is 654. The van der Waals surface area contributed by atoms with Crippen molar-refractivity contribution in [1.82, 2.24) is 4.31 Å². The summed E-state index contributed by atoms with van der Waals surface area (Å²) in [5.41, 5.74) is 0.295. The molecule has 1 saturated heterocycles. The molecule has 1 heterocycles. The van der Waals surface area contributed by atoms with Crippen LogP contribution in [0.3, 0.4) is 0 Å². The Morgan fingerprint density at radius 2 is 2.15 bits per heavy atom. The molecule has 0 saturated carbocycles. The number of hydrogen-bond acceptors (Lipinski definition) is 4. The molecule has 1 fully saturated rings. The van der Waals surface area contributed by atoms with Gasteiger partial charge in [0.1, 0.15) is 0 Å². The van der Waals surface area contributed by atoms with Crippen LogP contribution in [-0.2, 0) is 10.0 Å². The molecule has 7 heteroatoms. The van der Waals surface area contributed by atoms with Crippen LogP contribution in [0, 0.1) is 23.2 Å². The van der Waals surface area contributed by atoms with Crippen LogP contribution < -0.4 is 0 Å². The van der Waals surface area contributed by atoms with Crippen LogP contribution in [-0.4, -0.2) is 37.5 Å². The average molecular weight is 359 g/mol. The molecule has 2 rings (SSSR count). The fourth-order valence-electron chi connectivity index (χ4n) is 2.35. The molecule has 20 heavy (non-hydrogen) atoms. The van der Waals surface area contributed by atoms with E-state index in [1.807, 2.05) is 13.0 Å². The monoisotopic (exact) mass is 358 g/mol. The maximum absolute atomic E-state index is 12.6. The van der Waals surface area contributed by atoms with Crippen LogP contribution in [0.2, 0.25) is 0 Å². The predicted molar refractivity (Wildman–Crippen MR) is 77.4 cm³/mol. The lowest BCUT2D eigenvalue weighted by Crippen LogP contribution is -2.29. The summed E-state index contributed by atoms with van der Waals surface area (Å²) in [4.78, 5) is 0.106. The second-order valence-corrected chi connectivity index (χ2v) is 7.88. The second kappa shape index (κ2) is 5.82. The molecular weight excluding hydrogens is 344 g/mol. The van der Waals surface area contributed by atoms with Gasteiger partial charge in [0.15, 0.2) is 0 Å². The summed E-state index contributed by atoms with van der Waals surface area (Å²) < 4.78 is 27.1. The molecule has 1 aromatic rings. The topological polar surface area (TPSA) is 81.4 Å². The SMILES string of the molecule is C[C@@H]1CN(S(=O)(=O)c2cc(Br)cc(C#N)c2)C[C@H]1CO. The minimum absolute atomic E-state index is 0.0187. The lowest BCUT2D eigenvalue weighted by molar-refractivity contribution is 0.210. The number of nitrogens with zero attached hydrogens (tertiary/aromatic N) is 2. The van der Waals surface area contributed by atoms with E-state index in [-0.39, 0.29) is 23.3 Å². The molecule has 0 aromatic heterocycles. The zero-order chi connectivity index (χ0) is 14.9. The van der Waals surface area contributed by atoms with Crippen molar-refractivity contribution in [2.75, 3.05) is 19.7 Å². The molecule has 1 aliphatic rings. The van der Waals surface area contributed by atoms with Gasteiger partial charge in [-0.3, -0.25) is 0 Å². The highest BCUT2D eigenvalue weighted by Gasteiger charge is 2.36. The molecule has 0 amide bonds. The van der Waals surface area contributed by atoms with Gasteiger partial charge in [-0.2, -0.15) is 9.57 Å².